The first-order valence-corrected chi connectivity index (χ1v) is 7.43. The van der Waals surface area contributed by atoms with Crippen molar-refractivity contribution < 1.29 is 8.42 Å². The van der Waals surface area contributed by atoms with E-state index in [-0.39, 0.29) is 5.75 Å². The number of aromatic nitrogens is 1. The highest BCUT2D eigenvalue weighted by atomic mass is 32.2. The van der Waals surface area contributed by atoms with Crippen LogP contribution in [0.4, 0.5) is 11.5 Å². The molecular formula is C11H20N4O2S. The van der Waals surface area contributed by atoms with Crippen LogP contribution in [0.5, 0.6) is 0 Å². The highest BCUT2D eigenvalue weighted by Crippen LogP contribution is 2.10. The molecule has 0 aliphatic carbocycles. The van der Waals surface area contributed by atoms with E-state index in [1.54, 1.807) is 25.3 Å². The predicted octanol–water partition coefficient (Wildman–Crippen LogP) is 0.817. The molecule has 0 unspecified atom stereocenters. The molecule has 0 aliphatic heterocycles. The molecule has 0 amide bonds. The maximum Gasteiger partial charge on any atom is 0.233 e. The monoisotopic (exact) mass is 272 g/mol. The summed E-state index contributed by atoms with van der Waals surface area (Å²) in [6, 6.07) is 3.45. The van der Waals surface area contributed by atoms with Crippen LogP contribution in [0.15, 0.2) is 18.3 Å². The molecule has 2 N–H and O–H groups in total. The van der Waals surface area contributed by atoms with Gasteiger partial charge < -0.3 is 10.2 Å². The summed E-state index contributed by atoms with van der Waals surface area (Å²) in [5.41, 5.74) is 0.872. The van der Waals surface area contributed by atoms with E-state index in [0.29, 0.717) is 5.82 Å². The van der Waals surface area contributed by atoms with Crippen molar-refractivity contribution >= 4 is 21.5 Å². The average Bonchev–Trinajstić information content (AvgIpc) is 2.31. The molecule has 0 saturated heterocycles. The van der Waals surface area contributed by atoms with Crippen LogP contribution in [-0.4, -0.2) is 51.2 Å². The molecule has 102 valence electrons. The van der Waals surface area contributed by atoms with Crippen molar-refractivity contribution in [2.24, 2.45) is 0 Å². The SMILES string of the molecule is CCS(=O)(=O)Nc1ccc(NCCN(C)C)cn1. The summed E-state index contributed by atoms with van der Waals surface area (Å²) in [5.74, 6) is 0.382. The Labute approximate surface area is 108 Å². The maximum absolute atomic E-state index is 11.3. The second-order valence-electron chi connectivity index (χ2n) is 4.17. The minimum atomic E-state index is -3.25. The van der Waals surface area contributed by atoms with Crippen LogP contribution in [-0.2, 0) is 10.0 Å². The smallest absolute Gasteiger partial charge is 0.233 e. The van der Waals surface area contributed by atoms with Gasteiger partial charge in [-0.15, -0.1) is 0 Å². The molecular weight excluding hydrogens is 252 g/mol. The number of sulfonamides is 1. The van der Waals surface area contributed by atoms with Crippen LogP contribution in [0.3, 0.4) is 0 Å². The summed E-state index contributed by atoms with van der Waals surface area (Å²) in [6.07, 6.45) is 1.61. The lowest BCUT2D eigenvalue weighted by Crippen LogP contribution is -2.20. The van der Waals surface area contributed by atoms with Crippen molar-refractivity contribution in [1.29, 1.82) is 0 Å². The third-order valence-electron chi connectivity index (χ3n) is 2.29. The van der Waals surface area contributed by atoms with Crippen molar-refractivity contribution in [3.8, 4) is 0 Å². The van der Waals surface area contributed by atoms with Gasteiger partial charge in [0.05, 0.1) is 17.6 Å². The van der Waals surface area contributed by atoms with Gasteiger partial charge in [-0.05, 0) is 33.2 Å². The lowest BCUT2D eigenvalue weighted by Gasteiger charge is -2.11. The van der Waals surface area contributed by atoms with Crippen LogP contribution >= 0.6 is 0 Å². The van der Waals surface area contributed by atoms with E-state index in [1.165, 1.54) is 0 Å². The van der Waals surface area contributed by atoms with Crippen molar-refractivity contribution in [1.82, 2.24) is 9.88 Å². The van der Waals surface area contributed by atoms with Crippen LogP contribution < -0.4 is 10.0 Å². The number of hydrogen-bond acceptors (Lipinski definition) is 5. The molecule has 1 aromatic heterocycles. The predicted molar refractivity (Wildman–Crippen MR) is 74.4 cm³/mol. The van der Waals surface area contributed by atoms with Crippen LogP contribution in [0.25, 0.3) is 0 Å². The molecule has 1 heterocycles. The number of nitrogens with zero attached hydrogens (tertiary/aromatic N) is 2. The zero-order chi connectivity index (χ0) is 13.6. The largest absolute Gasteiger partial charge is 0.383 e. The van der Waals surface area contributed by atoms with E-state index < -0.39 is 10.0 Å². The molecule has 1 rings (SSSR count). The Morgan fingerprint density at radius 1 is 1.33 bits per heavy atom. The van der Waals surface area contributed by atoms with Gasteiger partial charge in [0, 0.05) is 13.1 Å². The first-order valence-electron chi connectivity index (χ1n) is 5.78. The molecule has 0 atom stereocenters. The van der Waals surface area contributed by atoms with Crippen LogP contribution in [0.1, 0.15) is 6.92 Å². The second kappa shape index (κ2) is 6.55. The third kappa shape index (κ3) is 5.33. The third-order valence-corrected chi connectivity index (χ3v) is 3.57. The molecule has 0 spiro atoms. The van der Waals surface area contributed by atoms with E-state index in [4.69, 9.17) is 0 Å². The van der Waals surface area contributed by atoms with Gasteiger partial charge >= 0.3 is 0 Å². The summed E-state index contributed by atoms with van der Waals surface area (Å²) < 4.78 is 25.1. The van der Waals surface area contributed by atoms with Gasteiger partial charge in [0.25, 0.3) is 0 Å². The Morgan fingerprint density at radius 3 is 2.56 bits per heavy atom. The molecule has 0 radical (unpaired) electrons. The Bertz CT molecular complexity index is 456. The number of rotatable bonds is 7. The summed E-state index contributed by atoms with van der Waals surface area (Å²) >= 11 is 0. The van der Waals surface area contributed by atoms with Gasteiger partial charge in [0.1, 0.15) is 5.82 Å². The second-order valence-corrected chi connectivity index (χ2v) is 6.18. The average molecular weight is 272 g/mol. The zero-order valence-corrected chi connectivity index (χ0v) is 11.8. The number of pyridine rings is 1. The fourth-order valence-electron chi connectivity index (χ4n) is 1.21. The number of likely N-dealkylation sites (N-methyl/N-ethyl adjacent to an activating group) is 1. The lowest BCUT2D eigenvalue weighted by molar-refractivity contribution is 0.425. The summed E-state index contributed by atoms with van der Waals surface area (Å²) in [7, 11) is 0.752. The van der Waals surface area contributed by atoms with E-state index in [1.807, 2.05) is 14.1 Å². The Morgan fingerprint density at radius 2 is 2.06 bits per heavy atom. The first kappa shape index (κ1) is 14.7. The van der Waals surface area contributed by atoms with Crippen molar-refractivity contribution in [2.75, 3.05) is 43.0 Å². The molecule has 7 heteroatoms. The quantitative estimate of drug-likeness (QED) is 0.768. The normalized spacial score (nSPS) is 11.6. The lowest BCUT2D eigenvalue weighted by atomic mass is 10.4. The van der Waals surface area contributed by atoms with Crippen molar-refractivity contribution in [2.45, 2.75) is 6.92 Å². The van der Waals surface area contributed by atoms with Crippen molar-refractivity contribution in [3.05, 3.63) is 18.3 Å². The van der Waals surface area contributed by atoms with Gasteiger partial charge in [0.15, 0.2) is 0 Å². The fraction of sp³-hybridized carbons (Fsp3) is 0.545. The maximum atomic E-state index is 11.3. The Balaban J connectivity index is 2.52. The van der Waals surface area contributed by atoms with Gasteiger partial charge in [-0.1, -0.05) is 0 Å². The van der Waals surface area contributed by atoms with Gasteiger partial charge in [-0.3, -0.25) is 4.72 Å². The van der Waals surface area contributed by atoms with Gasteiger partial charge in [-0.25, -0.2) is 13.4 Å². The molecule has 0 aromatic carbocycles. The minimum absolute atomic E-state index is 0.0392. The van der Waals surface area contributed by atoms with Crippen LogP contribution in [0.2, 0.25) is 0 Å². The summed E-state index contributed by atoms with van der Waals surface area (Å²) in [4.78, 5) is 6.12. The summed E-state index contributed by atoms with van der Waals surface area (Å²) in [5, 5.41) is 3.20. The molecule has 0 aliphatic rings. The highest BCUT2D eigenvalue weighted by molar-refractivity contribution is 7.92. The summed E-state index contributed by atoms with van der Waals surface area (Å²) in [6.45, 7) is 3.32. The fourth-order valence-corrected chi connectivity index (χ4v) is 1.80. The van der Waals surface area contributed by atoms with Crippen LogP contribution in [0, 0.1) is 0 Å². The number of nitrogens with one attached hydrogen (secondary N) is 2. The van der Waals surface area contributed by atoms with E-state index >= 15 is 0 Å². The molecule has 1 aromatic rings. The van der Waals surface area contributed by atoms with E-state index in [0.717, 1.165) is 18.8 Å². The first-order chi connectivity index (χ1) is 8.43. The molecule has 0 fully saturated rings. The molecule has 0 saturated carbocycles. The molecule has 18 heavy (non-hydrogen) atoms. The minimum Gasteiger partial charge on any atom is -0.383 e. The number of anilines is 2. The zero-order valence-electron chi connectivity index (χ0n) is 11.0. The standard InChI is InChI=1S/C11H20N4O2S/c1-4-18(16,17)14-11-6-5-10(9-13-11)12-7-8-15(2)3/h5-6,9,12H,4,7-8H2,1-3H3,(H,13,14). The van der Waals surface area contributed by atoms with E-state index in [9.17, 15) is 8.42 Å². The Kier molecular flexibility index (Phi) is 5.36. The van der Waals surface area contributed by atoms with Crippen molar-refractivity contribution in [3.63, 3.8) is 0 Å². The molecule has 0 bridgehead atoms. The topological polar surface area (TPSA) is 74.3 Å². The highest BCUT2D eigenvalue weighted by Gasteiger charge is 2.06. The van der Waals surface area contributed by atoms with Gasteiger partial charge in [0.2, 0.25) is 10.0 Å². The van der Waals surface area contributed by atoms with E-state index in [2.05, 4.69) is 19.9 Å². The van der Waals surface area contributed by atoms with Gasteiger partial charge in [-0.2, -0.15) is 0 Å². The Hall–Kier alpha value is -1.34. The number of hydrogen-bond donors (Lipinski definition) is 2. The molecule has 6 nitrogen and oxygen atoms in total.